The minimum absolute atomic E-state index is 0.115. The quantitative estimate of drug-likeness (QED) is 0.619. The lowest BCUT2D eigenvalue weighted by Crippen LogP contribution is -2.39. The molecule has 0 amide bonds. The second-order valence-corrected chi connectivity index (χ2v) is 4.54. The standard InChI is InChI=1S/C12H10F3N3O2/c13-11-8(7-16)5-9(18(19)20)6-10(11)17-3-1-12(14,15)2-4-17/h5-6H,1-4H2. The summed E-state index contributed by atoms with van der Waals surface area (Å²) in [5.41, 5.74) is -1.08. The Kier molecular flexibility index (Phi) is 3.53. The van der Waals surface area contributed by atoms with Crippen LogP contribution in [0, 0.1) is 27.3 Å². The number of hydrogen-bond acceptors (Lipinski definition) is 4. The molecule has 2 rings (SSSR count). The SMILES string of the molecule is N#Cc1cc([N+](=O)[O-])cc(N2CCC(F)(F)CC2)c1F. The third-order valence-corrected chi connectivity index (χ3v) is 3.21. The van der Waals surface area contributed by atoms with E-state index in [1.54, 1.807) is 0 Å². The second-order valence-electron chi connectivity index (χ2n) is 4.54. The lowest BCUT2D eigenvalue weighted by molar-refractivity contribution is -0.384. The minimum atomic E-state index is -2.80. The van der Waals surface area contributed by atoms with Gasteiger partial charge in [-0.1, -0.05) is 0 Å². The highest BCUT2D eigenvalue weighted by atomic mass is 19.3. The number of alkyl halides is 2. The van der Waals surface area contributed by atoms with Crippen LogP contribution in [0.25, 0.3) is 0 Å². The highest BCUT2D eigenvalue weighted by molar-refractivity contribution is 5.60. The van der Waals surface area contributed by atoms with Crippen molar-refractivity contribution in [1.82, 2.24) is 0 Å². The lowest BCUT2D eigenvalue weighted by Gasteiger charge is -2.33. The van der Waals surface area contributed by atoms with Crippen molar-refractivity contribution in [3.8, 4) is 6.07 Å². The van der Waals surface area contributed by atoms with Crippen LogP contribution in [0.15, 0.2) is 12.1 Å². The van der Waals surface area contributed by atoms with Crippen LogP contribution < -0.4 is 4.90 Å². The molecule has 5 nitrogen and oxygen atoms in total. The first-order valence-electron chi connectivity index (χ1n) is 5.85. The number of benzene rings is 1. The van der Waals surface area contributed by atoms with Gasteiger partial charge < -0.3 is 4.90 Å². The molecule has 0 N–H and O–H groups in total. The molecular formula is C12H10F3N3O2. The molecule has 0 aliphatic carbocycles. The van der Waals surface area contributed by atoms with Gasteiger partial charge in [0.2, 0.25) is 0 Å². The summed E-state index contributed by atoms with van der Waals surface area (Å²) in [7, 11) is 0. The number of rotatable bonds is 2. The van der Waals surface area contributed by atoms with E-state index in [1.165, 1.54) is 11.0 Å². The zero-order chi connectivity index (χ0) is 14.9. The van der Waals surface area contributed by atoms with E-state index >= 15 is 0 Å². The maximum absolute atomic E-state index is 14.0. The Morgan fingerprint density at radius 3 is 2.45 bits per heavy atom. The molecule has 0 atom stereocenters. The van der Waals surface area contributed by atoms with Crippen LogP contribution in [-0.2, 0) is 0 Å². The van der Waals surface area contributed by atoms with Crippen LogP contribution in [0.4, 0.5) is 24.5 Å². The van der Waals surface area contributed by atoms with Gasteiger partial charge in [-0.2, -0.15) is 5.26 Å². The molecule has 1 aromatic rings. The van der Waals surface area contributed by atoms with Gasteiger partial charge in [-0.15, -0.1) is 0 Å². The fraction of sp³-hybridized carbons (Fsp3) is 0.417. The Labute approximate surface area is 112 Å². The summed E-state index contributed by atoms with van der Waals surface area (Å²) in [6.07, 6.45) is -0.895. The summed E-state index contributed by atoms with van der Waals surface area (Å²) in [6.45, 7) is -0.230. The number of piperidine rings is 1. The molecule has 0 bridgehead atoms. The zero-order valence-electron chi connectivity index (χ0n) is 10.3. The van der Waals surface area contributed by atoms with E-state index in [2.05, 4.69) is 0 Å². The van der Waals surface area contributed by atoms with Crippen molar-refractivity contribution in [3.63, 3.8) is 0 Å². The molecule has 106 valence electrons. The highest BCUT2D eigenvalue weighted by Gasteiger charge is 2.35. The molecule has 1 aromatic carbocycles. The molecule has 20 heavy (non-hydrogen) atoms. The zero-order valence-corrected chi connectivity index (χ0v) is 10.3. The van der Waals surface area contributed by atoms with Crippen molar-refractivity contribution in [2.24, 2.45) is 0 Å². The number of nitrogens with zero attached hydrogens (tertiary/aromatic N) is 3. The van der Waals surface area contributed by atoms with Crippen LogP contribution >= 0.6 is 0 Å². The number of nitro benzene ring substituents is 1. The normalized spacial score (nSPS) is 17.6. The Morgan fingerprint density at radius 1 is 1.35 bits per heavy atom. The smallest absolute Gasteiger partial charge is 0.273 e. The number of anilines is 1. The van der Waals surface area contributed by atoms with Crippen molar-refractivity contribution < 1.29 is 18.1 Å². The topological polar surface area (TPSA) is 70.2 Å². The molecule has 0 aromatic heterocycles. The number of halogens is 3. The molecule has 0 radical (unpaired) electrons. The molecule has 1 aliphatic rings. The van der Waals surface area contributed by atoms with Gasteiger partial charge in [0.05, 0.1) is 16.2 Å². The van der Waals surface area contributed by atoms with E-state index in [9.17, 15) is 23.3 Å². The molecule has 0 saturated carbocycles. The molecule has 8 heteroatoms. The van der Waals surface area contributed by atoms with Crippen molar-refractivity contribution in [3.05, 3.63) is 33.6 Å². The summed E-state index contributed by atoms with van der Waals surface area (Å²) in [4.78, 5) is 11.3. The Morgan fingerprint density at radius 2 is 1.95 bits per heavy atom. The molecule has 1 saturated heterocycles. The van der Waals surface area contributed by atoms with E-state index in [0.29, 0.717) is 0 Å². The number of hydrogen-bond donors (Lipinski definition) is 0. The fourth-order valence-electron chi connectivity index (χ4n) is 2.09. The van der Waals surface area contributed by atoms with Crippen LogP contribution in [0.1, 0.15) is 18.4 Å². The molecular weight excluding hydrogens is 275 g/mol. The Balaban J connectivity index is 2.39. The van der Waals surface area contributed by atoms with Crippen LogP contribution in [0.3, 0.4) is 0 Å². The monoisotopic (exact) mass is 285 g/mol. The van der Waals surface area contributed by atoms with E-state index < -0.39 is 40.8 Å². The summed E-state index contributed by atoms with van der Waals surface area (Å²) < 4.78 is 40.2. The van der Waals surface area contributed by atoms with Crippen LogP contribution in [0.2, 0.25) is 0 Å². The maximum Gasteiger partial charge on any atom is 0.273 e. The maximum atomic E-state index is 14.0. The molecule has 1 fully saturated rings. The van der Waals surface area contributed by atoms with Crippen molar-refractivity contribution in [1.29, 1.82) is 5.26 Å². The van der Waals surface area contributed by atoms with Crippen molar-refractivity contribution >= 4 is 11.4 Å². The molecule has 0 unspecified atom stereocenters. The third-order valence-electron chi connectivity index (χ3n) is 3.21. The van der Waals surface area contributed by atoms with Gasteiger partial charge >= 0.3 is 0 Å². The summed E-state index contributed by atoms with van der Waals surface area (Å²) in [5.74, 6) is -3.71. The second kappa shape index (κ2) is 5.00. The van der Waals surface area contributed by atoms with Gasteiger partial charge in [-0.3, -0.25) is 10.1 Å². The largest absolute Gasteiger partial charge is 0.368 e. The fourth-order valence-corrected chi connectivity index (χ4v) is 2.09. The number of nitriles is 1. The highest BCUT2D eigenvalue weighted by Crippen LogP contribution is 2.34. The first-order valence-corrected chi connectivity index (χ1v) is 5.85. The van der Waals surface area contributed by atoms with Crippen LogP contribution in [-0.4, -0.2) is 23.9 Å². The first kappa shape index (κ1) is 14.1. The first-order chi connectivity index (χ1) is 9.34. The van der Waals surface area contributed by atoms with Crippen molar-refractivity contribution in [2.45, 2.75) is 18.8 Å². The number of nitro groups is 1. The van der Waals surface area contributed by atoms with Gasteiger partial charge in [0.25, 0.3) is 11.6 Å². The molecule has 1 heterocycles. The Hall–Kier alpha value is -2.30. The van der Waals surface area contributed by atoms with E-state index in [1.807, 2.05) is 0 Å². The average Bonchev–Trinajstić information content (AvgIpc) is 2.39. The minimum Gasteiger partial charge on any atom is -0.368 e. The van der Waals surface area contributed by atoms with E-state index in [4.69, 9.17) is 5.26 Å². The Bertz CT molecular complexity index is 588. The molecule has 1 aliphatic heterocycles. The van der Waals surface area contributed by atoms with E-state index in [-0.39, 0.29) is 18.8 Å². The van der Waals surface area contributed by atoms with Crippen LogP contribution in [0.5, 0.6) is 0 Å². The average molecular weight is 285 g/mol. The van der Waals surface area contributed by atoms with Gasteiger partial charge in [-0.05, 0) is 0 Å². The predicted octanol–water partition coefficient (Wildman–Crippen LogP) is 2.84. The van der Waals surface area contributed by atoms with Gasteiger partial charge in [0.15, 0.2) is 5.82 Å². The van der Waals surface area contributed by atoms with Gasteiger partial charge in [-0.25, -0.2) is 13.2 Å². The van der Waals surface area contributed by atoms with E-state index in [0.717, 1.165) is 12.1 Å². The third kappa shape index (κ3) is 2.66. The number of non-ortho nitro benzene ring substituents is 1. The summed E-state index contributed by atoms with van der Waals surface area (Å²) in [6, 6.07) is 3.33. The predicted molar refractivity (Wildman–Crippen MR) is 64.2 cm³/mol. The van der Waals surface area contributed by atoms with Gasteiger partial charge in [0.1, 0.15) is 6.07 Å². The lowest BCUT2D eigenvalue weighted by atomic mass is 10.0. The van der Waals surface area contributed by atoms with Crippen molar-refractivity contribution in [2.75, 3.05) is 18.0 Å². The summed E-state index contributed by atoms with van der Waals surface area (Å²) in [5, 5.41) is 19.5. The van der Waals surface area contributed by atoms with Gasteiger partial charge in [0, 0.05) is 38.1 Å². The summed E-state index contributed by atoms with van der Waals surface area (Å²) >= 11 is 0. The molecule has 0 spiro atoms.